The normalized spacial score (nSPS) is 11.7. The zero-order chi connectivity index (χ0) is 14.5. The van der Waals surface area contributed by atoms with Gasteiger partial charge in [0, 0.05) is 13.1 Å². The highest BCUT2D eigenvalue weighted by molar-refractivity contribution is 7.82. The molecular formula is C13H12N2O4S. The minimum absolute atomic E-state index is 0.109. The van der Waals surface area contributed by atoms with E-state index in [1.165, 1.54) is 28.6 Å². The second kappa shape index (κ2) is 6.16. The third-order valence-electron chi connectivity index (χ3n) is 2.54. The van der Waals surface area contributed by atoms with Crippen LogP contribution in [0.1, 0.15) is 0 Å². The minimum Gasteiger partial charge on any atom is -0.385 e. The average molecular weight is 292 g/mol. The fraction of sp³-hybridized carbons (Fsp3) is 0.0769. The predicted molar refractivity (Wildman–Crippen MR) is 76.7 cm³/mol. The zero-order valence-corrected chi connectivity index (χ0v) is 11.4. The Bertz CT molecular complexity index is 633. The number of hydrogen-bond donors (Lipinski definition) is 0. The van der Waals surface area contributed by atoms with Crippen molar-refractivity contribution in [3.05, 3.63) is 64.7 Å². The van der Waals surface area contributed by atoms with Gasteiger partial charge < -0.3 is 4.18 Å². The summed E-state index contributed by atoms with van der Waals surface area (Å²) in [4.78, 5) is 10.1. The number of rotatable bonds is 5. The number of nitro groups is 1. The van der Waals surface area contributed by atoms with Crippen LogP contribution in [0.25, 0.3) is 0 Å². The molecule has 0 amide bonds. The molecule has 0 bridgehead atoms. The van der Waals surface area contributed by atoms with Gasteiger partial charge in [-0.05, 0) is 18.2 Å². The molecule has 0 saturated carbocycles. The van der Waals surface area contributed by atoms with Crippen LogP contribution in [0.4, 0.5) is 11.4 Å². The van der Waals surface area contributed by atoms with Crippen molar-refractivity contribution in [2.45, 2.75) is 0 Å². The first kappa shape index (κ1) is 14.0. The van der Waals surface area contributed by atoms with Gasteiger partial charge in [0.15, 0.2) is 0 Å². The monoisotopic (exact) mass is 292 g/mol. The maximum atomic E-state index is 12.0. The molecule has 2 aromatic rings. The molecule has 0 aromatic heterocycles. The molecule has 0 radical (unpaired) electrons. The Morgan fingerprint density at radius 1 is 1.15 bits per heavy atom. The molecule has 0 spiro atoms. The lowest BCUT2D eigenvalue weighted by Gasteiger charge is -2.17. The van der Waals surface area contributed by atoms with E-state index < -0.39 is 16.2 Å². The van der Waals surface area contributed by atoms with Gasteiger partial charge in [0.05, 0.1) is 16.7 Å². The van der Waals surface area contributed by atoms with Crippen molar-refractivity contribution < 1.29 is 13.3 Å². The van der Waals surface area contributed by atoms with Crippen LogP contribution in [0.3, 0.4) is 0 Å². The van der Waals surface area contributed by atoms with Gasteiger partial charge in [0.1, 0.15) is 5.75 Å². The van der Waals surface area contributed by atoms with E-state index in [2.05, 4.69) is 0 Å². The Hall–Kier alpha value is -2.41. The Kier molecular flexibility index (Phi) is 4.31. The highest BCUT2D eigenvalue weighted by Gasteiger charge is 2.13. The number of nitro benzene ring substituents is 1. The Morgan fingerprint density at radius 3 is 2.50 bits per heavy atom. The largest absolute Gasteiger partial charge is 0.385 e. The van der Waals surface area contributed by atoms with Gasteiger partial charge in [-0.2, -0.15) is 4.21 Å². The lowest BCUT2D eigenvalue weighted by atomic mass is 10.3. The lowest BCUT2D eigenvalue weighted by molar-refractivity contribution is -0.384. The van der Waals surface area contributed by atoms with E-state index in [0.717, 1.165) is 5.69 Å². The maximum Gasteiger partial charge on any atom is 0.318 e. The van der Waals surface area contributed by atoms with Crippen LogP contribution in [0, 0.1) is 10.1 Å². The molecule has 104 valence electrons. The number of hydrogen-bond acceptors (Lipinski definition) is 4. The molecule has 0 aliphatic rings. The van der Waals surface area contributed by atoms with Crippen molar-refractivity contribution in [2.24, 2.45) is 0 Å². The summed E-state index contributed by atoms with van der Waals surface area (Å²) in [5.41, 5.74) is 0.609. The molecule has 0 aliphatic heterocycles. The summed E-state index contributed by atoms with van der Waals surface area (Å²) in [5, 5.41) is 10.7. The molecule has 7 heteroatoms. The second-order valence-electron chi connectivity index (χ2n) is 3.89. The fourth-order valence-corrected chi connectivity index (χ4v) is 2.19. The van der Waals surface area contributed by atoms with E-state index in [4.69, 9.17) is 4.18 Å². The molecule has 0 N–H and O–H groups in total. The first-order valence-electron chi connectivity index (χ1n) is 5.71. The van der Waals surface area contributed by atoms with E-state index in [1.807, 2.05) is 18.2 Å². The summed E-state index contributed by atoms with van der Waals surface area (Å²) in [6.45, 7) is 0. The Morgan fingerprint density at radius 2 is 1.85 bits per heavy atom. The topological polar surface area (TPSA) is 72.7 Å². The van der Waals surface area contributed by atoms with Gasteiger partial charge in [-0.1, -0.05) is 24.3 Å². The molecule has 2 aromatic carbocycles. The van der Waals surface area contributed by atoms with Gasteiger partial charge in [-0.25, -0.2) is 0 Å². The molecule has 0 saturated heterocycles. The van der Waals surface area contributed by atoms with Crippen LogP contribution in [0.15, 0.2) is 54.6 Å². The maximum absolute atomic E-state index is 12.0. The molecule has 0 aliphatic carbocycles. The third kappa shape index (κ3) is 3.33. The van der Waals surface area contributed by atoms with Crippen molar-refractivity contribution in [1.29, 1.82) is 0 Å². The summed E-state index contributed by atoms with van der Waals surface area (Å²) < 4.78 is 18.7. The van der Waals surface area contributed by atoms with E-state index in [9.17, 15) is 14.3 Å². The molecule has 6 nitrogen and oxygen atoms in total. The third-order valence-corrected chi connectivity index (χ3v) is 3.53. The van der Waals surface area contributed by atoms with Crippen LogP contribution in [-0.2, 0) is 11.3 Å². The molecular weight excluding hydrogens is 280 g/mol. The van der Waals surface area contributed by atoms with Crippen LogP contribution in [-0.4, -0.2) is 16.2 Å². The van der Waals surface area contributed by atoms with Crippen LogP contribution < -0.4 is 8.49 Å². The van der Waals surface area contributed by atoms with Gasteiger partial charge in [-0.15, -0.1) is 0 Å². The van der Waals surface area contributed by atoms with Crippen molar-refractivity contribution in [3.8, 4) is 5.75 Å². The Labute approximate surface area is 118 Å². The highest BCUT2D eigenvalue weighted by atomic mass is 32.2. The van der Waals surface area contributed by atoms with E-state index in [1.54, 1.807) is 19.2 Å². The predicted octanol–water partition coefficient (Wildman–Crippen LogP) is 2.69. The number of nitrogens with zero attached hydrogens (tertiary/aromatic N) is 2. The summed E-state index contributed by atoms with van der Waals surface area (Å²) >= 11 is -1.78. The highest BCUT2D eigenvalue weighted by Crippen LogP contribution is 2.21. The zero-order valence-electron chi connectivity index (χ0n) is 10.6. The summed E-state index contributed by atoms with van der Waals surface area (Å²) in [6.07, 6.45) is 0. The second-order valence-corrected chi connectivity index (χ2v) is 5.04. The SMILES string of the molecule is CN(c1ccccc1)S(=O)Oc1cccc([N+](=O)[O-])c1. The fourth-order valence-electron chi connectivity index (χ4n) is 1.51. The molecule has 0 heterocycles. The van der Waals surface area contributed by atoms with E-state index in [-0.39, 0.29) is 11.4 Å². The number of benzene rings is 2. The average Bonchev–Trinajstić information content (AvgIpc) is 2.47. The van der Waals surface area contributed by atoms with Gasteiger partial charge >= 0.3 is 11.3 Å². The van der Waals surface area contributed by atoms with Crippen molar-refractivity contribution >= 4 is 22.6 Å². The van der Waals surface area contributed by atoms with Crippen molar-refractivity contribution in [3.63, 3.8) is 0 Å². The number of anilines is 1. The van der Waals surface area contributed by atoms with E-state index >= 15 is 0 Å². The van der Waals surface area contributed by atoms with Crippen LogP contribution in [0.5, 0.6) is 5.75 Å². The summed E-state index contributed by atoms with van der Waals surface area (Å²) in [6, 6.07) is 14.6. The number of non-ortho nitro benzene ring substituents is 1. The van der Waals surface area contributed by atoms with Crippen LogP contribution in [0.2, 0.25) is 0 Å². The minimum atomic E-state index is -1.78. The van der Waals surface area contributed by atoms with Gasteiger partial charge in [0.25, 0.3) is 5.69 Å². The standard InChI is InChI=1S/C13H12N2O4S/c1-14(11-6-3-2-4-7-11)20(18)19-13-9-5-8-12(10-13)15(16)17/h2-10H,1H3. The lowest BCUT2D eigenvalue weighted by Crippen LogP contribution is -2.24. The number of para-hydroxylation sites is 1. The quantitative estimate of drug-likeness (QED) is 0.627. The molecule has 0 fully saturated rings. The first-order chi connectivity index (χ1) is 9.58. The van der Waals surface area contributed by atoms with Gasteiger partial charge in [0.2, 0.25) is 0 Å². The molecule has 20 heavy (non-hydrogen) atoms. The Balaban J connectivity index is 2.12. The summed E-state index contributed by atoms with van der Waals surface area (Å²) in [7, 11) is 1.61. The molecule has 1 unspecified atom stereocenters. The molecule has 2 rings (SSSR count). The van der Waals surface area contributed by atoms with Gasteiger partial charge in [-0.3, -0.25) is 14.4 Å². The summed E-state index contributed by atoms with van der Waals surface area (Å²) in [5.74, 6) is 0.181. The smallest absolute Gasteiger partial charge is 0.318 e. The molecule has 1 atom stereocenters. The van der Waals surface area contributed by atoms with E-state index in [0.29, 0.717) is 0 Å². The van der Waals surface area contributed by atoms with Crippen molar-refractivity contribution in [2.75, 3.05) is 11.4 Å². The first-order valence-corrected chi connectivity index (χ1v) is 6.74. The van der Waals surface area contributed by atoms with Crippen molar-refractivity contribution in [1.82, 2.24) is 0 Å². The van der Waals surface area contributed by atoms with Crippen LogP contribution >= 0.6 is 0 Å².